The average Bonchev–Trinajstić information content (AvgIpc) is 3.20. The van der Waals surface area contributed by atoms with Crippen LogP contribution in [0.5, 0.6) is 23.0 Å². The van der Waals surface area contributed by atoms with E-state index in [2.05, 4.69) is 33.9 Å². The molecule has 3 aromatic rings. The van der Waals surface area contributed by atoms with Crippen LogP contribution in [0.2, 0.25) is 0 Å². The van der Waals surface area contributed by atoms with Crippen LogP contribution in [0.1, 0.15) is 43.0 Å². The molecule has 0 fully saturated rings. The van der Waals surface area contributed by atoms with Gasteiger partial charge in [-0.05, 0) is 74.2 Å². The molecule has 4 bridgehead atoms. The molecule has 2 heterocycles. The number of ether oxygens (including phenoxy) is 3. The molecule has 5 rings (SSSR count). The number of rotatable bonds is 15. The van der Waals surface area contributed by atoms with Gasteiger partial charge in [0.25, 0.3) is 0 Å². The zero-order valence-electron chi connectivity index (χ0n) is 33.4. The highest BCUT2D eigenvalue weighted by Gasteiger charge is 2.34. The highest BCUT2D eigenvalue weighted by Crippen LogP contribution is 2.35. The molecule has 3 aromatic carbocycles. The molecule has 15 heteroatoms. The van der Waals surface area contributed by atoms with Crippen molar-refractivity contribution in [2.24, 2.45) is 0 Å². The van der Waals surface area contributed by atoms with Crippen molar-refractivity contribution in [1.29, 1.82) is 5.26 Å². The van der Waals surface area contributed by atoms with Crippen molar-refractivity contribution < 1.29 is 38.2 Å². The SMILES string of the molecule is C=C(N[C@@H](C)C(=O)N(C)[C@H]1Cc2ccc(cc2)Oc2cc(c(C#N)cc2OC)C[C@@H](C(=O)NC(C)C)NC1=O)[C@H](Cc1ccc(OC)cc1)N(C)C(=O)CNC=O. The monoisotopic (exact) mass is 781 g/mol. The van der Waals surface area contributed by atoms with Crippen molar-refractivity contribution in [3.63, 3.8) is 0 Å². The Balaban J connectivity index is 1.65. The fraction of sp³-hybridized carbons (Fsp3) is 0.381. The average molecular weight is 782 g/mol. The van der Waals surface area contributed by atoms with Crippen molar-refractivity contribution in [1.82, 2.24) is 31.1 Å². The zero-order chi connectivity index (χ0) is 41.8. The maximum Gasteiger partial charge on any atom is 0.245 e. The van der Waals surface area contributed by atoms with Gasteiger partial charge in [-0.2, -0.15) is 5.26 Å². The van der Waals surface area contributed by atoms with Gasteiger partial charge in [-0.15, -0.1) is 0 Å². The lowest BCUT2D eigenvalue weighted by Crippen LogP contribution is -2.58. The quantitative estimate of drug-likeness (QED) is 0.167. The number of hydrogen-bond acceptors (Lipinski definition) is 10. The second kappa shape index (κ2) is 19.9. The van der Waals surface area contributed by atoms with Gasteiger partial charge in [0, 0.05) is 44.7 Å². The van der Waals surface area contributed by atoms with Crippen molar-refractivity contribution in [2.45, 2.75) is 70.2 Å². The molecule has 2 aliphatic rings. The van der Waals surface area contributed by atoms with E-state index in [1.54, 1.807) is 77.4 Å². The van der Waals surface area contributed by atoms with E-state index in [-0.39, 0.29) is 36.9 Å². The molecule has 0 saturated heterocycles. The van der Waals surface area contributed by atoms with E-state index in [4.69, 9.17) is 14.2 Å². The molecule has 0 radical (unpaired) electrons. The van der Waals surface area contributed by atoms with Gasteiger partial charge in [-0.25, -0.2) is 0 Å². The van der Waals surface area contributed by atoms with Crippen LogP contribution >= 0.6 is 0 Å². The number of fused-ring (bicyclic) bond motifs is 7. The van der Waals surface area contributed by atoms with Gasteiger partial charge in [-0.1, -0.05) is 30.8 Å². The summed E-state index contributed by atoms with van der Waals surface area (Å²) >= 11 is 0. The van der Waals surface area contributed by atoms with Gasteiger partial charge < -0.3 is 45.3 Å². The third-order valence-electron chi connectivity index (χ3n) is 9.66. The molecule has 4 atom stereocenters. The first-order chi connectivity index (χ1) is 27.2. The van der Waals surface area contributed by atoms with Crippen LogP contribution in [0.25, 0.3) is 0 Å². The fourth-order valence-corrected chi connectivity index (χ4v) is 6.45. The third-order valence-corrected chi connectivity index (χ3v) is 9.66. The summed E-state index contributed by atoms with van der Waals surface area (Å²) in [6.07, 6.45) is 0.787. The van der Waals surface area contributed by atoms with Crippen LogP contribution in [-0.4, -0.2) is 105 Å². The first-order valence-electron chi connectivity index (χ1n) is 18.5. The Kier molecular flexibility index (Phi) is 15.0. The summed E-state index contributed by atoms with van der Waals surface area (Å²) in [5.41, 5.74) is 2.60. The summed E-state index contributed by atoms with van der Waals surface area (Å²) < 4.78 is 16.9. The largest absolute Gasteiger partial charge is 0.497 e. The number of nitrogens with one attached hydrogen (secondary N) is 4. The molecule has 0 aliphatic carbocycles. The van der Waals surface area contributed by atoms with Gasteiger partial charge in [-0.3, -0.25) is 24.0 Å². The standard InChI is InChI=1S/C42H51N7O8/c1-25(2)45-40(52)34-19-30-20-38(37(56-8)21-31(30)22-43)57-33-15-11-29(12-16-33)18-36(41(53)47-34)49(6)42(54)27(4)46-26(3)35(48(5)39(51)23-44-24-50)17-28-9-13-32(55-7)14-10-28/h9-16,20-21,24-25,27,34-36,46H,3,17-19,23H2,1-2,4-8H3,(H,44,50)(H,45,52)(H,47,53)/t27-,34-,35-,36-/m0/s1. The number of amides is 5. The predicted molar refractivity (Wildman–Crippen MR) is 212 cm³/mol. The Bertz CT molecular complexity index is 1980. The molecule has 0 saturated carbocycles. The van der Waals surface area contributed by atoms with E-state index in [9.17, 15) is 29.2 Å². The van der Waals surface area contributed by atoms with E-state index in [0.717, 1.165) is 5.56 Å². The molecule has 57 heavy (non-hydrogen) atoms. The second-order valence-corrected chi connectivity index (χ2v) is 14.1. The molecule has 0 spiro atoms. The minimum atomic E-state index is -1.13. The maximum atomic E-state index is 14.4. The Morgan fingerprint density at radius 3 is 2.30 bits per heavy atom. The number of nitriles is 1. The maximum absolute atomic E-state index is 14.4. The van der Waals surface area contributed by atoms with Gasteiger partial charge in [0.05, 0.1) is 38.4 Å². The topological polar surface area (TPSA) is 191 Å². The van der Waals surface area contributed by atoms with E-state index in [1.807, 2.05) is 12.1 Å². The van der Waals surface area contributed by atoms with Gasteiger partial charge in [0.15, 0.2) is 11.5 Å². The Labute approximate surface area is 333 Å². The molecule has 0 aromatic heterocycles. The number of carbonyl (C=O) groups is 5. The molecule has 15 nitrogen and oxygen atoms in total. The Morgan fingerprint density at radius 2 is 1.70 bits per heavy atom. The smallest absolute Gasteiger partial charge is 0.245 e. The Morgan fingerprint density at radius 1 is 1.02 bits per heavy atom. The van der Waals surface area contributed by atoms with E-state index >= 15 is 0 Å². The van der Waals surface area contributed by atoms with Crippen LogP contribution < -0.4 is 35.5 Å². The second-order valence-electron chi connectivity index (χ2n) is 14.1. The van der Waals surface area contributed by atoms with Gasteiger partial charge in [0.2, 0.25) is 30.0 Å². The van der Waals surface area contributed by atoms with E-state index in [1.165, 1.54) is 30.0 Å². The number of carbonyl (C=O) groups excluding carboxylic acids is 5. The predicted octanol–water partition coefficient (Wildman–Crippen LogP) is 2.61. The molecule has 302 valence electrons. The van der Waals surface area contributed by atoms with Gasteiger partial charge >= 0.3 is 0 Å². The molecular weight excluding hydrogens is 731 g/mol. The first-order valence-corrected chi connectivity index (χ1v) is 18.5. The lowest BCUT2D eigenvalue weighted by molar-refractivity contribution is -0.141. The first kappa shape index (κ1) is 43.2. The molecule has 2 aliphatic heterocycles. The number of benzene rings is 3. The van der Waals surface area contributed by atoms with Crippen molar-refractivity contribution in [3.8, 4) is 29.1 Å². The van der Waals surface area contributed by atoms with Crippen molar-refractivity contribution in [2.75, 3.05) is 34.9 Å². The van der Waals surface area contributed by atoms with E-state index in [0.29, 0.717) is 52.7 Å². The number of methoxy groups -OCH3 is 2. The fourth-order valence-electron chi connectivity index (χ4n) is 6.45. The lowest BCUT2D eigenvalue weighted by atomic mass is 9.97. The van der Waals surface area contributed by atoms with Crippen LogP contribution in [0.4, 0.5) is 0 Å². The minimum Gasteiger partial charge on any atom is -0.497 e. The Hall–Kier alpha value is -6.56. The highest BCUT2D eigenvalue weighted by molar-refractivity contribution is 5.93. The molecule has 0 unspecified atom stereocenters. The summed E-state index contributed by atoms with van der Waals surface area (Å²) in [5.74, 6) is -0.121. The van der Waals surface area contributed by atoms with Crippen LogP contribution in [-0.2, 0) is 43.2 Å². The van der Waals surface area contributed by atoms with Crippen LogP contribution in [0.15, 0.2) is 72.9 Å². The third kappa shape index (κ3) is 11.3. The summed E-state index contributed by atoms with van der Waals surface area (Å²) in [4.78, 5) is 68.9. The van der Waals surface area contributed by atoms with Crippen LogP contribution in [0, 0.1) is 11.3 Å². The van der Waals surface area contributed by atoms with Crippen LogP contribution in [0.3, 0.4) is 0 Å². The summed E-state index contributed by atoms with van der Waals surface area (Å²) in [6, 6.07) is 15.6. The highest BCUT2D eigenvalue weighted by atomic mass is 16.5. The summed E-state index contributed by atoms with van der Waals surface area (Å²) in [7, 11) is 6.12. The zero-order valence-corrected chi connectivity index (χ0v) is 33.4. The number of likely N-dealkylation sites (N-methyl/N-ethyl adjacent to an activating group) is 2. The van der Waals surface area contributed by atoms with Gasteiger partial charge in [0.1, 0.15) is 29.6 Å². The lowest BCUT2D eigenvalue weighted by Gasteiger charge is -2.34. The molecular formula is C42H51N7O8. The molecule has 5 amide bonds. The molecule has 4 N–H and O–H groups in total. The normalized spacial score (nSPS) is 15.9. The van der Waals surface area contributed by atoms with Crippen molar-refractivity contribution >= 4 is 30.0 Å². The van der Waals surface area contributed by atoms with Crippen molar-refractivity contribution in [3.05, 3.63) is 95.2 Å². The number of nitrogens with zero attached hydrogens (tertiary/aromatic N) is 3. The van der Waals surface area contributed by atoms with E-state index < -0.39 is 41.9 Å². The minimum absolute atomic E-state index is 0.0581. The summed E-state index contributed by atoms with van der Waals surface area (Å²) in [6.45, 7) is 9.18. The number of hydrogen-bond donors (Lipinski definition) is 4. The summed E-state index contributed by atoms with van der Waals surface area (Å²) in [5, 5.41) is 21.3.